The molecule has 2 N–H and O–H groups in total. The van der Waals surface area contributed by atoms with Crippen molar-refractivity contribution in [3.63, 3.8) is 0 Å². The van der Waals surface area contributed by atoms with Crippen LogP contribution in [0.25, 0.3) is 0 Å². The summed E-state index contributed by atoms with van der Waals surface area (Å²) in [5.41, 5.74) is 7.22. The molecule has 0 spiro atoms. The molecule has 0 saturated carbocycles. The fourth-order valence-corrected chi connectivity index (χ4v) is 3.62. The van der Waals surface area contributed by atoms with Crippen molar-refractivity contribution in [1.82, 2.24) is 0 Å². The Labute approximate surface area is 177 Å². The van der Waals surface area contributed by atoms with E-state index in [2.05, 4.69) is 0 Å². The van der Waals surface area contributed by atoms with E-state index in [1.54, 1.807) is 6.92 Å². The number of benzene rings is 3. The smallest absolute Gasteiger partial charge is 0.252 e. The number of hydrogen-bond acceptors (Lipinski definition) is 4. The predicted octanol–water partition coefficient (Wildman–Crippen LogP) is 3.86. The second-order valence-corrected chi connectivity index (χ2v) is 7.10. The summed E-state index contributed by atoms with van der Waals surface area (Å²) in [4.78, 5) is 12.6. The van der Waals surface area contributed by atoms with E-state index in [1.165, 1.54) is 14.2 Å². The van der Waals surface area contributed by atoms with Crippen molar-refractivity contribution in [3.05, 3.63) is 108 Å². The first-order chi connectivity index (χ1) is 14.5. The minimum Gasteiger partial charge on any atom is -0.367 e. The minimum absolute atomic E-state index is 0.687. The summed E-state index contributed by atoms with van der Waals surface area (Å²) >= 11 is 0. The van der Waals surface area contributed by atoms with E-state index in [4.69, 9.17) is 19.9 Å². The van der Waals surface area contributed by atoms with E-state index < -0.39 is 23.4 Å². The van der Waals surface area contributed by atoms with E-state index >= 15 is 0 Å². The van der Waals surface area contributed by atoms with Gasteiger partial charge >= 0.3 is 0 Å². The van der Waals surface area contributed by atoms with E-state index in [0.717, 1.165) is 16.7 Å². The van der Waals surface area contributed by atoms with Crippen molar-refractivity contribution in [3.8, 4) is 0 Å². The van der Waals surface area contributed by atoms with Crippen LogP contribution in [0.4, 0.5) is 0 Å². The van der Waals surface area contributed by atoms with Gasteiger partial charge in [0.05, 0.1) is 0 Å². The Bertz CT molecular complexity index is 844. The van der Waals surface area contributed by atoms with Gasteiger partial charge in [0.15, 0.2) is 6.10 Å². The molecule has 0 aliphatic carbocycles. The second kappa shape index (κ2) is 9.22. The zero-order chi connectivity index (χ0) is 21.6. The van der Waals surface area contributed by atoms with Crippen LogP contribution >= 0.6 is 0 Å². The number of hydrogen-bond donors (Lipinski definition) is 1. The van der Waals surface area contributed by atoms with Gasteiger partial charge in [0.25, 0.3) is 5.91 Å². The van der Waals surface area contributed by atoms with Crippen LogP contribution in [0, 0.1) is 0 Å². The molecule has 5 nitrogen and oxygen atoms in total. The first-order valence-corrected chi connectivity index (χ1v) is 9.72. The summed E-state index contributed by atoms with van der Waals surface area (Å²) in [6.07, 6.45) is -1.20. The fraction of sp³-hybridized carbons (Fsp3) is 0.240. The molecule has 0 heterocycles. The first-order valence-electron chi connectivity index (χ1n) is 9.72. The van der Waals surface area contributed by atoms with E-state index in [-0.39, 0.29) is 0 Å². The zero-order valence-corrected chi connectivity index (χ0v) is 17.4. The number of rotatable bonds is 9. The Morgan fingerprint density at radius 1 is 0.733 bits per heavy atom. The quantitative estimate of drug-likeness (QED) is 0.434. The molecule has 3 aromatic carbocycles. The molecule has 1 atom stereocenters. The summed E-state index contributed by atoms with van der Waals surface area (Å²) in [5.74, 6) is -2.07. The van der Waals surface area contributed by atoms with Gasteiger partial charge in [-0.25, -0.2) is 0 Å². The van der Waals surface area contributed by atoms with Crippen LogP contribution in [0.1, 0.15) is 23.6 Å². The molecule has 0 bridgehead atoms. The molecule has 0 aromatic heterocycles. The van der Waals surface area contributed by atoms with Gasteiger partial charge in [0, 0.05) is 14.2 Å². The van der Waals surface area contributed by atoms with Gasteiger partial charge in [-0.2, -0.15) is 0 Å². The van der Waals surface area contributed by atoms with Crippen LogP contribution in [0.2, 0.25) is 0 Å². The van der Waals surface area contributed by atoms with Crippen molar-refractivity contribution in [1.29, 1.82) is 0 Å². The van der Waals surface area contributed by atoms with Gasteiger partial charge in [-0.3, -0.25) is 4.79 Å². The number of nitrogens with two attached hydrogens (primary N) is 1. The fourth-order valence-electron chi connectivity index (χ4n) is 3.62. The maximum absolute atomic E-state index is 12.6. The lowest BCUT2D eigenvalue weighted by atomic mass is 9.79. The lowest BCUT2D eigenvalue weighted by molar-refractivity contribution is -0.266. The highest BCUT2D eigenvalue weighted by molar-refractivity contribution is 5.80. The number of ether oxygens (including phenoxy) is 3. The molecule has 0 saturated heterocycles. The van der Waals surface area contributed by atoms with Crippen LogP contribution < -0.4 is 5.73 Å². The van der Waals surface area contributed by atoms with Crippen molar-refractivity contribution in [2.24, 2.45) is 5.73 Å². The van der Waals surface area contributed by atoms with Gasteiger partial charge in [-0.15, -0.1) is 0 Å². The zero-order valence-electron chi connectivity index (χ0n) is 17.4. The maximum Gasteiger partial charge on any atom is 0.252 e. The minimum atomic E-state index is -1.38. The Morgan fingerprint density at radius 2 is 1.07 bits per heavy atom. The van der Waals surface area contributed by atoms with Crippen molar-refractivity contribution in [2.45, 2.75) is 24.4 Å². The highest BCUT2D eigenvalue weighted by atomic mass is 16.7. The summed E-state index contributed by atoms with van der Waals surface area (Å²) in [6, 6.07) is 29.2. The highest BCUT2D eigenvalue weighted by Crippen LogP contribution is 2.42. The molecule has 0 aliphatic heterocycles. The van der Waals surface area contributed by atoms with E-state index in [0.29, 0.717) is 0 Å². The van der Waals surface area contributed by atoms with Crippen LogP contribution in [0.5, 0.6) is 0 Å². The average molecular weight is 405 g/mol. The molecule has 1 amide bonds. The van der Waals surface area contributed by atoms with E-state index in [1.807, 2.05) is 91.0 Å². The molecule has 0 aliphatic rings. The van der Waals surface area contributed by atoms with Crippen molar-refractivity contribution >= 4 is 5.91 Å². The van der Waals surface area contributed by atoms with Crippen molar-refractivity contribution in [2.75, 3.05) is 14.2 Å². The molecule has 1 unspecified atom stereocenters. The van der Waals surface area contributed by atoms with Crippen molar-refractivity contribution < 1.29 is 19.0 Å². The molecular formula is C25H27NO4. The summed E-state index contributed by atoms with van der Waals surface area (Å²) in [5, 5.41) is 0. The Hall–Kier alpha value is -2.99. The molecule has 156 valence electrons. The summed E-state index contributed by atoms with van der Waals surface area (Å²) in [6.45, 7) is 1.63. The van der Waals surface area contributed by atoms with Crippen LogP contribution in [-0.2, 0) is 24.6 Å². The summed E-state index contributed by atoms with van der Waals surface area (Å²) in [7, 11) is 2.91. The Kier molecular flexibility index (Phi) is 6.67. The SMILES string of the molecule is COC(C)(OC)C(OC(c1ccccc1)(c1ccccc1)c1ccccc1)C(N)=O. The van der Waals surface area contributed by atoms with E-state index in [9.17, 15) is 4.79 Å². The Balaban J connectivity index is 2.32. The van der Waals surface area contributed by atoms with Crippen LogP contribution in [0.3, 0.4) is 0 Å². The third kappa shape index (κ3) is 4.00. The molecule has 5 heteroatoms. The van der Waals surface area contributed by atoms with Gasteiger partial charge in [0.2, 0.25) is 5.79 Å². The third-order valence-corrected chi connectivity index (χ3v) is 5.38. The topological polar surface area (TPSA) is 70.8 Å². The van der Waals surface area contributed by atoms with Crippen LogP contribution in [0.15, 0.2) is 91.0 Å². The largest absolute Gasteiger partial charge is 0.367 e. The molecule has 0 radical (unpaired) electrons. The monoisotopic (exact) mass is 405 g/mol. The molecule has 3 aromatic rings. The molecule has 3 rings (SSSR count). The third-order valence-electron chi connectivity index (χ3n) is 5.38. The first kappa shape index (κ1) is 21.7. The van der Waals surface area contributed by atoms with Gasteiger partial charge in [0.1, 0.15) is 5.60 Å². The average Bonchev–Trinajstić information content (AvgIpc) is 2.81. The predicted molar refractivity (Wildman–Crippen MR) is 116 cm³/mol. The lowest BCUT2D eigenvalue weighted by Crippen LogP contribution is -2.55. The number of carbonyl (C=O) groups is 1. The molecular weight excluding hydrogens is 378 g/mol. The van der Waals surface area contributed by atoms with Gasteiger partial charge in [-0.1, -0.05) is 91.0 Å². The maximum atomic E-state index is 12.6. The summed E-state index contributed by atoms with van der Waals surface area (Å²) < 4.78 is 17.7. The lowest BCUT2D eigenvalue weighted by Gasteiger charge is -2.42. The number of carbonyl (C=O) groups excluding carboxylic acids is 1. The standard InChI is InChI=1S/C25H27NO4/c1-24(28-2,29-3)22(23(26)27)30-25(19-13-7-4-8-14-19,20-15-9-5-10-16-20)21-17-11-6-12-18-21/h4-18,22H,1-3H3,(H2,26,27). The van der Waals surface area contributed by atoms with Crippen LogP contribution in [-0.4, -0.2) is 32.0 Å². The van der Waals surface area contributed by atoms with Gasteiger partial charge < -0.3 is 19.9 Å². The molecule has 0 fully saturated rings. The normalized spacial score (nSPS) is 13.0. The number of amides is 1. The molecule has 30 heavy (non-hydrogen) atoms. The van der Waals surface area contributed by atoms with Gasteiger partial charge in [-0.05, 0) is 23.6 Å². The number of primary amides is 1. The highest BCUT2D eigenvalue weighted by Gasteiger charge is 2.48. The Morgan fingerprint density at radius 3 is 1.33 bits per heavy atom. The second-order valence-electron chi connectivity index (χ2n) is 7.10. The number of methoxy groups -OCH3 is 2.